The molecule has 0 aliphatic rings. The molecule has 0 radical (unpaired) electrons. The molecule has 0 unspecified atom stereocenters. The van der Waals surface area contributed by atoms with Gasteiger partial charge in [-0.3, -0.25) is 4.40 Å². The molecule has 0 spiro atoms. The van der Waals surface area contributed by atoms with Gasteiger partial charge in [0.05, 0.1) is 29.0 Å². The summed E-state index contributed by atoms with van der Waals surface area (Å²) in [5.41, 5.74) is 8.03. The minimum atomic E-state index is -0.973. The van der Waals surface area contributed by atoms with Crippen LogP contribution in [-0.4, -0.2) is 25.6 Å². The van der Waals surface area contributed by atoms with E-state index in [1.807, 2.05) is 49.4 Å². The fourth-order valence-corrected chi connectivity index (χ4v) is 2.79. The van der Waals surface area contributed by atoms with Gasteiger partial charge in [-0.1, -0.05) is 32.9 Å². The number of para-hydroxylation sites is 2. The number of amides is 1. The number of ether oxygens (including phenoxy) is 1. The van der Waals surface area contributed by atoms with Crippen LogP contribution in [-0.2, 0) is 12.0 Å². The lowest BCUT2D eigenvalue weighted by Gasteiger charge is -2.24. The van der Waals surface area contributed by atoms with E-state index in [9.17, 15) is 9.90 Å². The number of primary amides is 1. The maximum absolute atomic E-state index is 11.2. The van der Waals surface area contributed by atoms with E-state index in [0.717, 1.165) is 16.7 Å². The van der Waals surface area contributed by atoms with Gasteiger partial charge in [0, 0.05) is 5.41 Å². The summed E-state index contributed by atoms with van der Waals surface area (Å²) in [7, 11) is 0. The summed E-state index contributed by atoms with van der Waals surface area (Å²) in [4.78, 5) is 19.9. The highest BCUT2D eigenvalue weighted by molar-refractivity contribution is 5.83. The van der Waals surface area contributed by atoms with Crippen LogP contribution in [0.15, 0.2) is 24.3 Å². The van der Waals surface area contributed by atoms with Crippen LogP contribution in [0, 0.1) is 0 Å². The molecule has 7 heteroatoms. The normalized spacial score (nSPS) is 12.0. The molecular weight excluding hydrogens is 296 g/mol. The minimum absolute atomic E-state index is 0.00856. The monoisotopic (exact) mass is 314 g/mol. The lowest BCUT2D eigenvalue weighted by molar-refractivity contribution is 0.208. The van der Waals surface area contributed by atoms with E-state index in [1.54, 1.807) is 0 Å². The summed E-state index contributed by atoms with van der Waals surface area (Å²) in [6, 6.07) is 7.55. The van der Waals surface area contributed by atoms with Crippen molar-refractivity contribution in [2.24, 2.45) is 5.73 Å². The number of aliphatic hydroxyl groups excluding tert-OH is 1. The van der Waals surface area contributed by atoms with Crippen molar-refractivity contribution in [2.75, 3.05) is 0 Å². The predicted octanol–water partition coefficient (Wildman–Crippen LogP) is 2.13. The molecule has 3 aromatic rings. The first kappa shape index (κ1) is 15.2. The zero-order valence-electron chi connectivity index (χ0n) is 13.2. The molecule has 2 heterocycles. The highest BCUT2D eigenvalue weighted by Crippen LogP contribution is 2.32. The van der Waals surface area contributed by atoms with Crippen LogP contribution in [0.2, 0.25) is 0 Å². The summed E-state index contributed by atoms with van der Waals surface area (Å²) in [6.07, 6.45) is -0.973. The van der Waals surface area contributed by atoms with Crippen LogP contribution in [0.1, 0.15) is 32.2 Å². The van der Waals surface area contributed by atoms with Gasteiger partial charge < -0.3 is 15.6 Å². The third-order valence-electron chi connectivity index (χ3n) is 3.54. The van der Waals surface area contributed by atoms with Crippen LogP contribution >= 0.6 is 0 Å². The standard InChI is InChI=1S/C16H18N4O3/c1-16(2,3)12-10(8-21)19-14(23-15(17)22)13-18-9-6-4-5-7-11(9)20(12)13/h4-7,21H,8H2,1-3H3,(H2,17,22). The number of aromatic nitrogens is 3. The third-order valence-corrected chi connectivity index (χ3v) is 3.54. The Morgan fingerprint density at radius 2 is 2.00 bits per heavy atom. The Kier molecular flexibility index (Phi) is 3.45. The van der Waals surface area contributed by atoms with Gasteiger partial charge in [0.15, 0.2) is 0 Å². The van der Waals surface area contributed by atoms with Crippen LogP contribution < -0.4 is 10.5 Å². The van der Waals surface area contributed by atoms with E-state index in [1.165, 1.54) is 0 Å². The fourth-order valence-electron chi connectivity index (χ4n) is 2.79. The molecule has 0 bridgehead atoms. The van der Waals surface area contributed by atoms with Crippen molar-refractivity contribution in [3.63, 3.8) is 0 Å². The average molecular weight is 314 g/mol. The molecule has 7 nitrogen and oxygen atoms in total. The smallest absolute Gasteiger partial charge is 0.390 e. The summed E-state index contributed by atoms with van der Waals surface area (Å²) in [6.45, 7) is 5.77. The second-order valence-corrected chi connectivity index (χ2v) is 6.30. The maximum atomic E-state index is 11.2. The minimum Gasteiger partial charge on any atom is -0.390 e. The summed E-state index contributed by atoms with van der Waals surface area (Å²) in [5.74, 6) is -0.00856. The predicted molar refractivity (Wildman–Crippen MR) is 85.3 cm³/mol. The highest BCUT2D eigenvalue weighted by atomic mass is 16.6. The number of carbonyl (C=O) groups excluding carboxylic acids is 1. The molecule has 0 atom stereocenters. The van der Waals surface area contributed by atoms with Crippen LogP contribution in [0.3, 0.4) is 0 Å². The van der Waals surface area contributed by atoms with Crippen LogP contribution in [0.25, 0.3) is 16.7 Å². The molecule has 120 valence electrons. The molecule has 1 aromatic carbocycles. The second kappa shape index (κ2) is 5.20. The molecule has 0 fully saturated rings. The second-order valence-electron chi connectivity index (χ2n) is 6.30. The first-order valence-corrected chi connectivity index (χ1v) is 7.21. The SMILES string of the molecule is CC(C)(C)c1c(CO)nc(OC(N)=O)c2nc3ccccc3n12. The Morgan fingerprint density at radius 3 is 2.61 bits per heavy atom. The highest BCUT2D eigenvalue weighted by Gasteiger charge is 2.27. The molecule has 0 saturated heterocycles. The van der Waals surface area contributed by atoms with Gasteiger partial charge >= 0.3 is 6.09 Å². The Labute approximate surface area is 132 Å². The lowest BCUT2D eigenvalue weighted by atomic mass is 9.90. The quantitative estimate of drug-likeness (QED) is 0.754. The van der Waals surface area contributed by atoms with Crippen molar-refractivity contribution in [2.45, 2.75) is 32.8 Å². The van der Waals surface area contributed by atoms with Crippen molar-refractivity contribution in [3.05, 3.63) is 35.7 Å². The molecule has 0 aliphatic heterocycles. The van der Waals surface area contributed by atoms with Gasteiger partial charge in [-0.15, -0.1) is 0 Å². The third kappa shape index (κ3) is 2.49. The topological polar surface area (TPSA) is 103 Å². The number of rotatable bonds is 2. The van der Waals surface area contributed by atoms with Gasteiger partial charge in [-0.05, 0) is 12.1 Å². The van der Waals surface area contributed by atoms with Crippen molar-refractivity contribution in [3.8, 4) is 5.88 Å². The molecule has 1 amide bonds. The zero-order chi connectivity index (χ0) is 16.8. The largest absolute Gasteiger partial charge is 0.411 e. The molecule has 0 aliphatic carbocycles. The molecule has 0 saturated carbocycles. The molecule has 3 N–H and O–H groups in total. The van der Waals surface area contributed by atoms with Crippen LogP contribution in [0.5, 0.6) is 5.88 Å². The van der Waals surface area contributed by atoms with E-state index in [-0.39, 0.29) is 17.9 Å². The van der Waals surface area contributed by atoms with Gasteiger partial charge in [-0.2, -0.15) is 0 Å². The first-order chi connectivity index (χ1) is 10.8. The molecule has 23 heavy (non-hydrogen) atoms. The maximum Gasteiger partial charge on any atom is 0.411 e. The Bertz CT molecular complexity index is 909. The van der Waals surface area contributed by atoms with Gasteiger partial charge in [0.25, 0.3) is 5.88 Å². The van der Waals surface area contributed by atoms with E-state index >= 15 is 0 Å². The number of nitrogens with zero attached hydrogens (tertiary/aromatic N) is 3. The van der Waals surface area contributed by atoms with E-state index in [4.69, 9.17) is 10.5 Å². The number of imidazole rings is 1. The van der Waals surface area contributed by atoms with E-state index in [2.05, 4.69) is 9.97 Å². The Balaban J connectivity index is 2.52. The number of hydrogen-bond acceptors (Lipinski definition) is 5. The van der Waals surface area contributed by atoms with Crippen LogP contribution in [0.4, 0.5) is 4.79 Å². The number of aliphatic hydroxyl groups is 1. The Hall–Kier alpha value is -2.67. The number of fused-ring (bicyclic) bond motifs is 3. The number of hydrogen-bond donors (Lipinski definition) is 2. The lowest BCUT2D eigenvalue weighted by Crippen LogP contribution is -2.23. The zero-order valence-corrected chi connectivity index (χ0v) is 13.2. The Morgan fingerprint density at radius 1 is 1.30 bits per heavy atom. The van der Waals surface area contributed by atoms with E-state index < -0.39 is 6.09 Å². The molecular formula is C16H18N4O3. The first-order valence-electron chi connectivity index (χ1n) is 7.21. The fraction of sp³-hybridized carbons (Fsp3) is 0.312. The average Bonchev–Trinajstić information content (AvgIpc) is 2.84. The molecule has 3 rings (SSSR count). The summed E-state index contributed by atoms with van der Waals surface area (Å²) < 4.78 is 6.87. The van der Waals surface area contributed by atoms with Gasteiger partial charge in [0.2, 0.25) is 5.65 Å². The number of nitrogens with two attached hydrogens (primary N) is 1. The summed E-state index contributed by atoms with van der Waals surface area (Å²) >= 11 is 0. The van der Waals surface area contributed by atoms with Crippen molar-refractivity contribution < 1.29 is 14.6 Å². The van der Waals surface area contributed by atoms with Crippen molar-refractivity contribution >= 4 is 22.8 Å². The van der Waals surface area contributed by atoms with Crippen molar-refractivity contribution in [1.29, 1.82) is 0 Å². The van der Waals surface area contributed by atoms with E-state index in [0.29, 0.717) is 11.3 Å². The number of benzene rings is 1. The van der Waals surface area contributed by atoms with Crippen molar-refractivity contribution in [1.82, 2.24) is 14.4 Å². The molecule has 2 aromatic heterocycles. The van der Waals surface area contributed by atoms with Gasteiger partial charge in [0.1, 0.15) is 0 Å². The number of carbonyl (C=O) groups is 1. The van der Waals surface area contributed by atoms with Gasteiger partial charge in [-0.25, -0.2) is 14.8 Å². The summed E-state index contributed by atoms with van der Waals surface area (Å²) in [5, 5.41) is 9.74.